The number of nitrogens with zero attached hydrogens (tertiary/aromatic N) is 3. The summed E-state index contributed by atoms with van der Waals surface area (Å²) in [6.07, 6.45) is 1.10. The maximum absolute atomic E-state index is 4.18. The Morgan fingerprint density at radius 2 is 2.17 bits per heavy atom. The van der Waals surface area contributed by atoms with Crippen LogP contribution in [0.3, 0.4) is 0 Å². The van der Waals surface area contributed by atoms with Gasteiger partial charge >= 0.3 is 0 Å². The lowest BCUT2D eigenvalue weighted by Crippen LogP contribution is -2.05. The van der Waals surface area contributed by atoms with Crippen molar-refractivity contribution in [2.45, 2.75) is 39.7 Å². The number of aromatic nitrogens is 3. The van der Waals surface area contributed by atoms with E-state index in [2.05, 4.69) is 35.5 Å². The van der Waals surface area contributed by atoms with Crippen molar-refractivity contribution in [3.8, 4) is 0 Å². The topological polar surface area (TPSA) is 30.7 Å². The molecule has 1 aromatic rings. The first-order chi connectivity index (χ1) is 5.68. The Hall–Kier alpha value is -0.860. The summed E-state index contributed by atoms with van der Waals surface area (Å²) >= 11 is 0. The fourth-order valence-electron chi connectivity index (χ4n) is 1.81. The second-order valence-electron chi connectivity index (χ2n) is 4.05. The molecule has 66 valence electrons. The molecule has 0 saturated carbocycles. The van der Waals surface area contributed by atoms with Crippen molar-refractivity contribution in [1.82, 2.24) is 14.8 Å². The zero-order valence-electron chi connectivity index (χ0n) is 7.91. The van der Waals surface area contributed by atoms with Crippen LogP contribution < -0.4 is 0 Å². The molecule has 0 saturated heterocycles. The average Bonchev–Trinajstić information content (AvgIpc) is 2.43. The third kappa shape index (κ3) is 1.04. The zero-order valence-corrected chi connectivity index (χ0v) is 7.91. The Balaban J connectivity index is 2.37. The molecule has 0 aromatic carbocycles. The van der Waals surface area contributed by atoms with Gasteiger partial charge in [-0.25, -0.2) is 0 Å². The number of hydrogen-bond acceptors (Lipinski definition) is 2. The van der Waals surface area contributed by atoms with Crippen LogP contribution in [0.5, 0.6) is 0 Å². The van der Waals surface area contributed by atoms with Crippen LogP contribution in [0.2, 0.25) is 0 Å². The first-order valence-corrected chi connectivity index (χ1v) is 4.60. The Kier molecular flexibility index (Phi) is 1.67. The van der Waals surface area contributed by atoms with Crippen LogP contribution >= 0.6 is 0 Å². The number of rotatable bonds is 1. The highest BCUT2D eigenvalue weighted by Gasteiger charge is 2.23. The minimum absolute atomic E-state index is 0.497. The van der Waals surface area contributed by atoms with Crippen LogP contribution in [0.1, 0.15) is 38.3 Å². The fraction of sp³-hybridized carbons (Fsp3) is 0.778. The molecule has 1 aromatic heterocycles. The van der Waals surface area contributed by atoms with Gasteiger partial charge in [0.05, 0.1) is 0 Å². The van der Waals surface area contributed by atoms with Crippen LogP contribution in [0.25, 0.3) is 0 Å². The van der Waals surface area contributed by atoms with Crippen LogP contribution in [-0.2, 0) is 13.0 Å². The fourth-order valence-corrected chi connectivity index (χ4v) is 1.81. The van der Waals surface area contributed by atoms with E-state index in [1.165, 1.54) is 5.82 Å². The first kappa shape index (κ1) is 7.77. The smallest absolute Gasteiger partial charge is 0.135 e. The molecule has 0 fully saturated rings. The molecule has 0 spiro atoms. The molecule has 12 heavy (non-hydrogen) atoms. The van der Waals surface area contributed by atoms with Crippen molar-refractivity contribution in [3.05, 3.63) is 11.6 Å². The van der Waals surface area contributed by atoms with Crippen LogP contribution in [0.4, 0.5) is 0 Å². The molecule has 3 nitrogen and oxygen atoms in total. The molecule has 0 aliphatic carbocycles. The second kappa shape index (κ2) is 2.57. The van der Waals surface area contributed by atoms with Gasteiger partial charge in [-0.2, -0.15) is 0 Å². The Labute approximate surface area is 72.8 Å². The monoisotopic (exact) mass is 165 g/mol. The Morgan fingerprint density at radius 1 is 1.42 bits per heavy atom. The highest BCUT2D eigenvalue weighted by molar-refractivity contribution is 5.04. The predicted molar refractivity (Wildman–Crippen MR) is 47.0 cm³/mol. The maximum Gasteiger partial charge on any atom is 0.135 e. The maximum atomic E-state index is 4.18. The van der Waals surface area contributed by atoms with E-state index in [-0.39, 0.29) is 0 Å². The van der Waals surface area contributed by atoms with Gasteiger partial charge in [-0.1, -0.05) is 20.8 Å². The summed E-state index contributed by atoms with van der Waals surface area (Å²) in [5.41, 5.74) is 0. The molecule has 1 aliphatic heterocycles. The molecular weight excluding hydrogens is 150 g/mol. The summed E-state index contributed by atoms with van der Waals surface area (Å²) in [5.74, 6) is 3.56. The molecule has 0 radical (unpaired) electrons. The molecule has 0 N–H and O–H groups in total. The summed E-state index contributed by atoms with van der Waals surface area (Å²) in [6.45, 7) is 7.70. The van der Waals surface area contributed by atoms with Gasteiger partial charge in [0.1, 0.15) is 11.6 Å². The van der Waals surface area contributed by atoms with E-state index in [4.69, 9.17) is 0 Å². The third-order valence-corrected chi connectivity index (χ3v) is 2.40. The van der Waals surface area contributed by atoms with E-state index in [1.807, 2.05) is 0 Å². The van der Waals surface area contributed by atoms with Crippen molar-refractivity contribution < 1.29 is 0 Å². The van der Waals surface area contributed by atoms with Gasteiger partial charge in [0.25, 0.3) is 0 Å². The average molecular weight is 165 g/mol. The van der Waals surface area contributed by atoms with Gasteiger partial charge in [-0.05, 0) is 5.92 Å². The van der Waals surface area contributed by atoms with Gasteiger partial charge in [0, 0.05) is 18.9 Å². The minimum Gasteiger partial charge on any atom is -0.314 e. The summed E-state index contributed by atoms with van der Waals surface area (Å²) in [6, 6.07) is 0. The normalized spacial score (nSPS) is 21.8. The lowest BCUT2D eigenvalue weighted by atomic mass is 10.1. The standard InChI is InChI=1S/C9H15N3/c1-6(2)9-11-10-8-4-7(3)5-12(8)9/h6-7H,4-5H2,1-3H3/t7-/m1/s1. The number of hydrogen-bond donors (Lipinski definition) is 0. The molecule has 0 bridgehead atoms. The summed E-state index contributed by atoms with van der Waals surface area (Å²) in [5, 5.41) is 8.37. The zero-order chi connectivity index (χ0) is 8.72. The quantitative estimate of drug-likeness (QED) is 0.632. The molecule has 1 aliphatic rings. The lowest BCUT2D eigenvalue weighted by molar-refractivity contribution is 0.534. The molecule has 0 unspecified atom stereocenters. The largest absolute Gasteiger partial charge is 0.314 e. The van der Waals surface area contributed by atoms with E-state index >= 15 is 0 Å². The Morgan fingerprint density at radius 3 is 2.83 bits per heavy atom. The third-order valence-electron chi connectivity index (χ3n) is 2.40. The second-order valence-corrected chi connectivity index (χ2v) is 4.05. The van der Waals surface area contributed by atoms with Gasteiger partial charge in [0.15, 0.2) is 0 Å². The van der Waals surface area contributed by atoms with Crippen LogP contribution in [0.15, 0.2) is 0 Å². The van der Waals surface area contributed by atoms with Crippen molar-refractivity contribution in [2.24, 2.45) is 5.92 Å². The van der Waals surface area contributed by atoms with Crippen molar-refractivity contribution >= 4 is 0 Å². The predicted octanol–water partition coefficient (Wildman–Crippen LogP) is 1.59. The lowest BCUT2D eigenvalue weighted by Gasteiger charge is -2.06. The molecule has 2 heterocycles. The van der Waals surface area contributed by atoms with Crippen LogP contribution in [-0.4, -0.2) is 14.8 Å². The highest BCUT2D eigenvalue weighted by Crippen LogP contribution is 2.23. The van der Waals surface area contributed by atoms with Crippen molar-refractivity contribution in [2.75, 3.05) is 0 Å². The van der Waals surface area contributed by atoms with Crippen LogP contribution in [0, 0.1) is 5.92 Å². The summed E-state index contributed by atoms with van der Waals surface area (Å²) < 4.78 is 2.27. The van der Waals surface area contributed by atoms with Gasteiger partial charge in [-0.3, -0.25) is 0 Å². The highest BCUT2D eigenvalue weighted by atomic mass is 15.3. The number of fused-ring (bicyclic) bond motifs is 1. The minimum atomic E-state index is 0.497. The molecular formula is C9H15N3. The molecule has 0 amide bonds. The molecule has 2 rings (SSSR count). The van der Waals surface area contributed by atoms with E-state index < -0.39 is 0 Å². The van der Waals surface area contributed by atoms with E-state index in [9.17, 15) is 0 Å². The van der Waals surface area contributed by atoms with Crippen molar-refractivity contribution in [3.63, 3.8) is 0 Å². The summed E-state index contributed by atoms with van der Waals surface area (Å²) in [4.78, 5) is 0. The Bertz CT molecular complexity index is 288. The molecule has 3 heteroatoms. The van der Waals surface area contributed by atoms with Gasteiger partial charge in [0.2, 0.25) is 0 Å². The van der Waals surface area contributed by atoms with E-state index in [1.54, 1.807) is 0 Å². The SMILES string of the molecule is CC(C)c1nnc2n1C[C@H](C)C2. The van der Waals surface area contributed by atoms with Gasteiger partial charge in [-0.15, -0.1) is 10.2 Å². The van der Waals surface area contributed by atoms with Crippen molar-refractivity contribution in [1.29, 1.82) is 0 Å². The van der Waals surface area contributed by atoms with E-state index in [0.29, 0.717) is 5.92 Å². The summed E-state index contributed by atoms with van der Waals surface area (Å²) in [7, 11) is 0. The first-order valence-electron chi connectivity index (χ1n) is 4.60. The molecule has 1 atom stereocenters. The van der Waals surface area contributed by atoms with E-state index in [0.717, 1.165) is 24.7 Å². The van der Waals surface area contributed by atoms with Gasteiger partial charge < -0.3 is 4.57 Å².